The second-order valence-corrected chi connectivity index (χ2v) is 7.17. The van der Waals surface area contributed by atoms with E-state index in [2.05, 4.69) is 22.0 Å². The van der Waals surface area contributed by atoms with Crippen LogP contribution in [0.25, 0.3) is 0 Å². The largest absolute Gasteiger partial charge is 0.225 e. The molecule has 0 fully saturated rings. The Hall–Kier alpha value is -2.68. The second kappa shape index (κ2) is 6.83. The molecule has 0 aliphatic carbocycles. The zero-order valence-corrected chi connectivity index (χ0v) is 13.9. The molecule has 0 unspecified atom stereocenters. The van der Waals surface area contributed by atoms with Gasteiger partial charge in [-0.05, 0) is 48.4 Å². The van der Waals surface area contributed by atoms with E-state index in [0.29, 0.717) is 10.7 Å². The van der Waals surface area contributed by atoms with Crippen LogP contribution in [-0.4, -0.2) is 18.6 Å². The van der Waals surface area contributed by atoms with Crippen LogP contribution in [0.4, 0.5) is 0 Å². The molecule has 1 heterocycles. The highest BCUT2D eigenvalue weighted by Crippen LogP contribution is 2.17. The van der Waals surface area contributed by atoms with E-state index >= 15 is 0 Å². The highest BCUT2D eigenvalue weighted by Gasteiger charge is 2.19. The number of hydrogen-bond donors (Lipinski definition) is 0. The molecule has 4 nitrogen and oxygen atoms in total. The van der Waals surface area contributed by atoms with Gasteiger partial charge in [0.15, 0.2) is 5.03 Å². The van der Waals surface area contributed by atoms with Crippen LogP contribution in [0.3, 0.4) is 0 Å². The zero-order chi connectivity index (χ0) is 17.0. The fourth-order valence-corrected chi connectivity index (χ4v) is 3.30. The van der Waals surface area contributed by atoms with Crippen LogP contribution in [0.2, 0.25) is 5.02 Å². The van der Waals surface area contributed by atoms with Crippen molar-refractivity contribution in [1.82, 2.24) is 10.2 Å². The molecule has 0 radical (unpaired) electrons. The van der Waals surface area contributed by atoms with E-state index in [1.54, 1.807) is 36.4 Å². The number of sulfone groups is 1. The Balaban J connectivity index is 1.87. The maximum absolute atomic E-state index is 12.4. The Kier molecular flexibility index (Phi) is 4.61. The zero-order valence-electron chi connectivity index (χ0n) is 12.3. The smallest absolute Gasteiger partial charge is 0.217 e. The third kappa shape index (κ3) is 3.62. The maximum Gasteiger partial charge on any atom is 0.225 e. The maximum atomic E-state index is 12.4. The van der Waals surface area contributed by atoms with Crippen LogP contribution in [0, 0.1) is 11.8 Å². The van der Waals surface area contributed by atoms with Gasteiger partial charge in [0, 0.05) is 10.6 Å². The summed E-state index contributed by atoms with van der Waals surface area (Å²) in [7, 11) is -3.67. The van der Waals surface area contributed by atoms with Gasteiger partial charge in [-0.25, -0.2) is 8.42 Å². The van der Waals surface area contributed by atoms with Crippen molar-refractivity contribution in [3.63, 3.8) is 0 Å². The molecule has 3 rings (SSSR count). The topological polar surface area (TPSA) is 59.9 Å². The van der Waals surface area contributed by atoms with Crippen LogP contribution in [0.15, 0.2) is 76.7 Å². The van der Waals surface area contributed by atoms with Gasteiger partial charge in [0.2, 0.25) is 9.84 Å². The monoisotopic (exact) mass is 354 g/mol. The van der Waals surface area contributed by atoms with Gasteiger partial charge in [-0.2, -0.15) is 0 Å². The number of halogens is 1. The average Bonchev–Trinajstić information content (AvgIpc) is 2.61. The van der Waals surface area contributed by atoms with Gasteiger partial charge in [-0.3, -0.25) is 0 Å². The standard InChI is InChI=1S/C18H11ClN2O2S/c19-15-6-4-5-14(13-15)9-10-16-11-12-18(21-20-16)24(22,23)17-7-2-1-3-8-17/h1-8,11-13H. The first-order valence-corrected chi connectivity index (χ1v) is 8.83. The Morgan fingerprint density at radius 2 is 1.62 bits per heavy atom. The molecule has 2 aromatic carbocycles. The Bertz CT molecular complexity index is 1020. The van der Waals surface area contributed by atoms with E-state index in [9.17, 15) is 8.42 Å². The molecule has 0 saturated carbocycles. The fourth-order valence-electron chi connectivity index (χ4n) is 1.95. The number of aromatic nitrogens is 2. The van der Waals surface area contributed by atoms with Gasteiger partial charge >= 0.3 is 0 Å². The minimum absolute atomic E-state index is 0.109. The first kappa shape index (κ1) is 16.2. The summed E-state index contributed by atoms with van der Waals surface area (Å²) in [6.45, 7) is 0. The Morgan fingerprint density at radius 1 is 0.833 bits per heavy atom. The SMILES string of the molecule is O=S(=O)(c1ccccc1)c1ccc(C#Cc2cccc(Cl)c2)nn1. The molecule has 118 valence electrons. The molecule has 0 saturated heterocycles. The Morgan fingerprint density at radius 3 is 2.29 bits per heavy atom. The van der Waals surface area contributed by atoms with Crippen molar-refractivity contribution in [2.24, 2.45) is 0 Å². The second-order valence-electron chi connectivity index (χ2n) is 4.83. The van der Waals surface area contributed by atoms with Crippen LogP contribution in [-0.2, 0) is 9.84 Å². The minimum atomic E-state index is -3.67. The predicted octanol–water partition coefficient (Wildman–Crippen LogP) is 3.36. The molecule has 0 spiro atoms. The first-order chi connectivity index (χ1) is 11.6. The lowest BCUT2D eigenvalue weighted by Gasteiger charge is -2.02. The van der Waals surface area contributed by atoms with Gasteiger partial charge in [0.1, 0.15) is 5.69 Å². The highest BCUT2D eigenvalue weighted by molar-refractivity contribution is 7.91. The van der Waals surface area contributed by atoms with Crippen molar-refractivity contribution >= 4 is 21.4 Å². The van der Waals surface area contributed by atoms with Crippen molar-refractivity contribution in [2.75, 3.05) is 0 Å². The molecule has 0 amide bonds. The van der Waals surface area contributed by atoms with E-state index in [0.717, 1.165) is 5.56 Å². The molecule has 0 bridgehead atoms. The summed E-state index contributed by atoms with van der Waals surface area (Å²) in [5.74, 6) is 5.73. The van der Waals surface area contributed by atoms with E-state index in [1.807, 2.05) is 6.07 Å². The first-order valence-electron chi connectivity index (χ1n) is 6.97. The average molecular weight is 355 g/mol. The van der Waals surface area contributed by atoms with E-state index in [1.165, 1.54) is 24.3 Å². The summed E-state index contributed by atoms with van der Waals surface area (Å²) >= 11 is 5.89. The number of rotatable bonds is 2. The molecule has 0 N–H and O–H groups in total. The molecular formula is C18H11ClN2O2S. The summed E-state index contributed by atoms with van der Waals surface area (Å²) in [5.41, 5.74) is 1.12. The number of benzene rings is 2. The third-order valence-corrected chi connectivity index (χ3v) is 5.02. The number of hydrogen-bond acceptors (Lipinski definition) is 4. The molecule has 1 aromatic heterocycles. The highest BCUT2D eigenvalue weighted by atomic mass is 35.5. The summed E-state index contributed by atoms with van der Waals surface area (Å²) in [5, 5.41) is 8.15. The van der Waals surface area contributed by atoms with Crippen LogP contribution in [0.5, 0.6) is 0 Å². The molecule has 0 aliphatic heterocycles. The fraction of sp³-hybridized carbons (Fsp3) is 0. The van der Waals surface area contributed by atoms with Gasteiger partial charge in [-0.15, -0.1) is 10.2 Å². The quantitative estimate of drug-likeness (QED) is 0.662. The third-order valence-electron chi connectivity index (χ3n) is 3.13. The molecular weight excluding hydrogens is 344 g/mol. The molecule has 0 aliphatic rings. The summed E-state index contributed by atoms with van der Waals surface area (Å²) < 4.78 is 24.8. The van der Waals surface area contributed by atoms with Gasteiger partial charge in [0.05, 0.1) is 4.90 Å². The normalized spacial score (nSPS) is 10.7. The molecule has 0 atom stereocenters. The van der Waals surface area contributed by atoms with Gasteiger partial charge in [0.25, 0.3) is 0 Å². The van der Waals surface area contributed by atoms with Crippen molar-refractivity contribution in [1.29, 1.82) is 0 Å². The summed E-state index contributed by atoms with van der Waals surface area (Å²) in [4.78, 5) is 0.178. The van der Waals surface area contributed by atoms with E-state index in [-0.39, 0.29) is 9.92 Å². The van der Waals surface area contributed by atoms with Crippen molar-refractivity contribution < 1.29 is 8.42 Å². The number of nitrogens with zero attached hydrogens (tertiary/aromatic N) is 2. The molecule has 6 heteroatoms. The molecule has 24 heavy (non-hydrogen) atoms. The Labute approximate surface area is 145 Å². The van der Waals surface area contributed by atoms with Gasteiger partial charge < -0.3 is 0 Å². The van der Waals surface area contributed by atoms with Crippen LogP contribution in [0.1, 0.15) is 11.3 Å². The minimum Gasteiger partial charge on any atom is -0.217 e. The lowest BCUT2D eigenvalue weighted by molar-refractivity contribution is 0.590. The lowest BCUT2D eigenvalue weighted by Crippen LogP contribution is -2.05. The van der Waals surface area contributed by atoms with Gasteiger partial charge in [-0.1, -0.05) is 41.8 Å². The summed E-state index contributed by atoms with van der Waals surface area (Å²) in [6, 6.07) is 18.1. The van der Waals surface area contributed by atoms with Crippen LogP contribution >= 0.6 is 11.6 Å². The van der Waals surface area contributed by atoms with Crippen molar-refractivity contribution in [3.05, 3.63) is 83.0 Å². The van der Waals surface area contributed by atoms with Crippen LogP contribution < -0.4 is 0 Å². The predicted molar refractivity (Wildman–Crippen MR) is 91.4 cm³/mol. The van der Waals surface area contributed by atoms with E-state index in [4.69, 9.17) is 11.6 Å². The summed E-state index contributed by atoms with van der Waals surface area (Å²) in [6.07, 6.45) is 0. The molecule has 3 aromatic rings. The van der Waals surface area contributed by atoms with Crippen molar-refractivity contribution in [2.45, 2.75) is 9.92 Å². The lowest BCUT2D eigenvalue weighted by atomic mass is 10.2. The van der Waals surface area contributed by atoms with Crippen molar-refractivity contribution in [3.8, 4) is 11.8 Å². The van der Waals surface area contributed by atoms with E-state index < -0.39 is 9.84 Å².